The predicted octanol–water partition coefficient (Wildman–Crippen LogP) is 10.1. The van der Waals surface area contributed by atoms with Crippen LogP contribution in [0, 0.1) is 5.75 Å². The van der Waals surface area contributed by atoms with E-state index in [2.05, 4.69) is 18.9 Å². The van der Waals surface area contributed by atoms with Crippen molar-refractivity contribution in [3.63, 3.8) is 0 Å². The Hall–Kier alpha value is 0.350. The molecule has 1 radical (unpaired) electrons. The van der Waals surface area contributed by atoms with Gasteiger partial charge in [-0.2, -0.15) is 11.8 Å². The summed E-state index contributed by atoms with van der Waals surface area (Å²) in [4.78, 5) is 0. The lowest BCUT2D eigenvalue weighted by molar-refractivity contribution is 0.520. The Bertz CT molecular complexity index is 202. The Morgan fingerprint density at radius 1 is 0.423 bits per heavy atom. The van der Waals surface area contributed by atoms with Gasteiger partial charge in [0.2, 0.25) is 0 Å². The van der Waals surface area contributed by atoms with E-state index in [0.29, 0.717) is 0 Å². The molecule has 0 aromatic rings. The van der Waals surface area contributed by atoms with Gasteiger partial charge in [0.15, 0.2) is 0 Å². The molecule has 0 N–H and O–H groups in total. The van der Waals surface area contributed by atoms with Crippen molar-refractivity contribution >= 4 is 11.8 Å². The van der Waals surface area contributed by atoms with E-state index in [1.54, 1.807) is 0 Å². The molecule has 0 atom stereocenters. The van der Waals surface area contributed by atoms with Crippen molar-refractivity contribution < 1.29 is 0 Å². The molecule has 0 aliphatic rings. The Kier molecular flexibility index (Phi) is 25.7. The third kappa shape index (κ3) is 24.4. The van der Waals surface area contributed by atoms with E-state index < -0.39 is 0 Å². The van der Waals surface area contributed by atoms with Crippen molar-refractivity contribution in [2.45, 2.75) is 148 Å². The Morgan fingerprint density at radius 3 is 0.962 bits per heavy atom. The predicted molar refractivity (Wildman–Crippen MR) is 125 cm³/mol. The highest BCUT2D eigenvalue weighted by molar-refractivity contribution is 8.00. The summed E-state index contributed by atoms with van der Waals surface area (Å²) in [6.07, 6.45) is 34.3. The largest absolute Gasteiger partial charge is 0.161 e. The van der Waals surface area contributed by atoms with E-state index in [0.717, 1.165) is 0 Å². The molecule has 0 rings (SSSR count). The smallest absolute Gasteiger partial charge is 0.0163 e. The van der Waals surface area contributed by atoms with Gasteiger partial charge in [0.25, 0.3) is 0 Å². The fourth-order valence-corrected chi connectivity index (χ4v) is 4.18. The Morgan fingerprint density at radius 2 is 0.692 bits per heavy atom. The number of thioether (sulfide) groups is 1. The van der Waals surface area contributed by atoms with Crippen molar-refractivity contribution in [2.75, 3.05) is 6.26 Å². The molecule has 1 heteroatoms. The van der Waals surface area contributed by atoms with Gasteiger partial charge < -0.3 is 0 Å². The standard InChI is InChI=1S/C25H51S/c1-3-4-5-6-7-8-9-10-11-12-13-14-15-16-17-18-19-20-21-22-23-24-25-26-2/h25H,3-24H2,1-2H3. The minimum absolute atomic E-state index is 1.31. The van der Waals surface area contributed by atoms with E-state index in [1.165, 1.54) is 141 Å². The van der Waals surface area contributed by atoms with Crippen LogP contribution in [-0.2, 0) is 0 Å². The van der Waals surface area contributed by atoms with Gasteiger partial charge in [0.1, 0.15) is 0 Å². The summed E-state index contributed by atoms with van der Waals surface area (Å²) in [5, 5.41) is 0. The normalized spacial score (nSPS) is 11.3. The van der Waals surface area contributed by atoms with Gasteiger partial charge in [-0.15, -0.1) is 0 Å². The van der Waals surface area contributed by atoms with Crippen molar-refractivity contribution in [1.29, 1.82) is 0 Å². The molecule has 0 heterocycles. The first kappa shape index (κ1) is 26.4. The summed E-state index contributed by atoms with van der Waals surface area (Å²) >= 11 is 1.87. The molecule has 0 unspecified atom stereocenters. The highest BCUT2D eigenvalue weighted by Gasteiger charge is 1.95. The van der Waals surface area contributed by atoms with Crippen molar-refractivity contribution in [1.82, 2.24) is 0 Å². The van der Waals surface area contributed by atoms with Crippen LogP contribution in [0.15, 0.2) is 0 Å². The molecule has 0 fully saturated rings. The summed E-state index contributed by atoms with van der Waals surface area (Å²) in [6.45, 7) is 2.30. The zero-order chi connectivity index (χ0) is 19.0. The Labute approximate surface area is 172 Å². The second-order valence-electron chi connectivity index (χ2n) is 8.26. The second-order valence-corrected chi connectivity index (χ2v) is 9.07. The first-order chi connectivity index (χ1) is 12.9. The minimum atomic E-state index is 1.31. The topological polar surface area (TPSA) is 0 Å². The highest BCUT2D eigenvalue weighted by Crippen LogP contribution is 2.15. The van der Waals surface area contributed by atoms with Crippen LogP contribution in [0.3, 0.4) is 0 Å². The van der Waals surface area contributed by atoms with Crippen LogP contribution in [0.1, 0.15) is 148 Å². The van der Waals surface area contributed by atoms with Gasteiger partial charge in [-0.25, -0.2) is 0 Å². The third-order valence-electron chi connectivity index (χ3n) is 5.59. The maximum atomic E-state index is 2.34. The number of hydrogen-bond acceptors (Lipinski definition) is 1. The zero-order valence-corrected chi connectivity index (χ0v) is 19.4. The van der Waals surface area contributed by atoms with Gasteiger partial charge in [-0.3, -0.25) is 0 Å². The first-order valence-corrected chi connectivity index (χ1v) is 13.5. The minimum Gasteiger partial charge on any atom is -0.161 e. The van der Waals surface area contributed by atoms with E-state index in [1.807, 2.05) is 11.8 Å². The van der Waals surface area contributed by atoms with Crippen LogP contribution in [0.4, 0.5) is 0 Å². The van der Waals surface area contributed by atoms with E-state index >= 15 is 0 Å². The van der Waals surface area contributed by atoms with Gasteiger partial charge in [0, 0.05) is 5.75 Å². The van der Waals surface area contributed by atoms with Crippen LogP contribution in [0.25, 0.3) is 0 Å². The molecule has 0 aliphatic carbocycles. The summed E-state index contributed by atoms with van der Waals surface area (Å²) < 4.78 is 0. The zero-order valence-electron chi connectivity index (χ0n) is 18.5. The van der Waals surface area contributed by atoms with Gasteiger partial charge in [0.05, 0.1) is 0 Å². The fraction of sp³-hybridized carbons (Fsp3) is 0.960. The molecule has 0 aromatic heterocycles. The molecule has 0 nitrogen and oxygen atoms in total. The van der Waals surface area contributed by atoms with Crippen LogP contribution >= 0.6 is 11.8 Å². The molecule has 0 saturated carbocycles. The molecule has 0 bridgehead atoms. The molecular weight excluding hydrogens is 332 g/mol. The molecule has 0 spiro atoms. The van der Waals surface area contributed by atoms with Crippen LogP contribution < -0.4 is 0 Å². The van der Waals surface area contributed by atoms with Crippen molar-refractivity contribution in [3.8, 4) is 0 Å². The van der Waals surface area contributed by atoms with E-state index in [4.69, 9.17) is 0 Å². The molecule has 0 amide bonds. The SMILES string of the molecule is CCCCCCCCCCCCCCCCCCCCCCC[CH]SC. The van der Waals surface area contributed by atoms with E-state index in [9.17, 15) is 0 Å². The molecule has 0 saturated heterocycles. The van der Waals surface area contributed by atoms with Crippen molar-refractivity contribution in [2.24, 2.45) is 0 Å². The summed E-state index contributed by atoms with van der Waals surface area (Å²) in [5.74, 6) is 2.34. The summed E-state index contributed by atoms with van der Waals surface area (Å²) in [7, 11) is 0. The van der Waals surface area contributed by atoms with Crippen LogP contribution in [0.5, 0.6) is 0 Å². The number of rotatable bonds is 23. The first-order valence-electron chi connectivity index (χ1n) is 12.3. The van der Waals surface area contributed by atoms with Crippen LogP contribution in [0.2, 0.25) is 0 Å². The molecular formula is C25H51S. The summed E-state index contributed by atoms with van der Waals surface area (Å²) in [5.41, 5.74) is 0. The average Bonchev–Trinajstić information content (AvgIpc) is 2.66. The molecule has 157 valence electrons. The molecule has 26 heavy (non-hydrogen) atoms. The molecule has 0 aromatic carbocycles. The Balaban J connectivity index is 2.95. The monoisotopic (exact) mass is 383 g/mol. The lowest BCUT2D eigenvalue weighted by atomic mass is 10.0. The third-order valence-corrected chi connectivity index (χ3v) is 6.16. The number of unbranched alkanes of at least 4 members (excludes halogenated alkanes) is 21. The average molecular weight is 384 g/mol. The van der Waals surface area contributed by atoms with Gasteiger partial charge in [-0.1, -0.05) is 142 Å². The quantitative estimate of drug-likeness (QED) is 0.158. The lowest BCUT2D eigenvalue weighted by Crippen LogP contribution is -1.84. The van der Waals surface area contributed by atoms with E-state index in [-0.39, 0.29) is 0 Å². The maximum absolute atomic E-state index is 2.34. The highest BCUT2D eigenvalue weighted by atomic mass is 32.2. The second kappa shape index (κ2) is 25.4. The van der Waals surface area contributed by atoms with Gasteiger partial charge in [-0.05, 0) is 12.7 Å². The van der Waals surface area contributed by atoms with Crippen molar-refractivity contribution in [3.05, 3.63) is 5.75 Å². The van der Waals surface area contributed by atoms with Gasteiger partial charge >= 0.3 is 0 Å². The maximum Gasteiger partial charge on any atom is 0.0163 e. The lowest BCUT2D eigenvalue weighted by Gasteiger charge is -2.04. The summed E-state index contributed by atoms with van der Waals surface area (Å²) in [6, 6.07) is 0. The van der Waals surface area contributed by atoms with Crippen LogP contribution in [-0.4, -0.2) is 6.26 Å². The fourth-order valence-electron chi connectivity index (χ4n) is 3.78. The molecule has 0 aliphatic heterocycles. The number of hydrogen-bond donors (Lipinski definition) is 0.